The third-order valence-electron chi connectivity index (χ3n) is 1.83. The highest BCUT2D eigenvalue weighted by atomic mass is 19.3. The minimum atomic E-state index is -2.78. The Morgan fingerprint density at radius 1 is 1.67 bits per heavy atom. The molecule has 6 heteroatoms. The van der Waals surface area contributed by atoms with Crippen molar-refractivity contribution in [3.05, 3.63) is 27.7 Å². The van der Waals surface area contributed by atoms with Crippen LogP contribution in [0.3, 0.4) is 0 Å². The third-order valence-corrected chi connectivity index (χ3v) is 1.83. The summed E-state index contributed by atoms with van der Waals surface area (Å²) in [6.07, 6.45) is -2.95. The van der Waals surface area contributed by atoms with E-state index in [0.717, 1.165) is 6.07 Å². The lowest BCUT2D eigenvalue weighted by atomic mass is 10.2. The fourth-order valence-electron chi connectivity index (χ4n) is 1.13. The van der Waals surface area contributed by atoms with Gasteiger partial charge in [-0.2, -0.15) is 5.26 Å². The minimum Gasteiger partial charge on any atom is -0.496 e. The topological polar surface area (TPSA) is 65.9 Å². The van der Waals surface area contributed by atoms with Gasteiger partial charge in [-0.05, 0) is 0 Å². The molecule has 0 fully saturated rings. The smallest absolute Gasteiger partial charge is 0.278 e. The van der Waals surface area contributed by atoms with Gasteiger partial charge in [-0.15, -0.1) is 0 Å². The number of aromatic nitrogens is 1. The van der Waals surface area contributed by atoms with E-state index in [1.807, 2.05) is 4.98 Å². The Hall–Kier alpha value is -1.90. The van der Waals surface area contributed by atoms with Crippen LogP contribution in [0.5, 0.6) is 5.75 Å². The van der Waals surface area contributed by atoms with Gasteiger partial charge in [0.05, 0.1) is 30.9 Å². The van der Waals surface area contributed by atoms with Crippen molar-refractivity contribution in [2.45, 2.75) is 12.8 Å². The van der Waals surface area contributed by atoms with Gasteiger partial charge in [0.25, 0.3) is 12.0 Å². The molecule has 1 heterocycles. The molecule has 0 atom stereocenters. The number of aromatic amines is 1. The molecular formula is C9H8F2N2O2. The van der Waals surface area contributed by atoms with Crippen molar-refractivity contribution < 1.29 is 13.5 Å². The summed E-state index contributed by atoms with van der Waals surface area (Å²) >= 11 is 0. The van der Waals surface area contributed by atoms with Crippen LogP contribution in [-0.2, 0) is 6.42 Å². The second-order valence-electron chi connectivity index (χ2n) is 2.74. The number of hydrogen-bond acceptors (Lipinski definition) is 3. The largest absolute Gasteiger partial charge is 0.496 e. The Morgan fingerprint density at radius 2 is 2.33 bits per heavy atom. The van der Waals surface area contributed by atoms with Crippen LogP contribution < -0.4 is 10.3 Å². The predicted octanol–water partition coefficient (Wildman–Crippen LogP) is 1.39. The first-order valence-corrected chi connectivity index (χ1v) is 4.05. The van der Waals surface area contributed by atoms with Crippen molar-refractivity contribution in [1.29, 1.82) is 5.26 Å². The lowest BCUT2D eigenvalue weighted by molar-refractivity contribution is 0.145. The van der Waals surface area contributed by atoms with E-state index in [2.05, 4.69) is 0 Å². The first-order valence-electron chi connectivity index (χ1n) is 4.05. The number of halogens is 2. The van der Waals surface area contributed by atoms with E-state index in [9.17, 15) is 13.6 Å². The summed E-state index contributed by atoms with van der Waals surface area (Å²) in [4.78, 5) is 13.3. The molecule has 1 rings (SSSR count). The van der Waals surface area contributed by atoms with Gasteiger partial charge in [0.2, 0.25) is 0 Å². The normalized spacial score (nSPS) is 10.1. The number of pyridine rings is 1. The fourth-order valence-corrected chi connectivity index (χ4v) is 1.13. The van der Waals surface area contributed by atoms with Crippen LogP contribution in [-0.4, -0.2) is 12.1 Å². The van der Waals surface area contributed by atoms with Gasteiger partial charge in [-0.1, -0.05) is 0 Å². The summed E-state index contributed by atoms with van der Waals surface area (Å²) < 4.78 is 29.3. The first kappa shape index (κ1) is 11.2. The highest BCUT2D eigenvalue weighted by molar-refractivity contribution is 5.35. The van der Waals surface area contributed by atoms with Crippen molar-refractivity contribution in [3.8, 4) is 11.8 Å². The summed E-state index contributed by atoms with van der Waals surface area (Å²) in [5, 5.41) is 8.44. The van der Waals surface area contributed by atoms with Gasteiger partial charge < -0.3 is 9.72 Å². The molecule has 0 radical (unpaired) electrons. The van der Waals surface area contributed by atoms with Gasteiger partial charge in [0.15, 0.2) is 0 Å². The van der Waals surface area contributed by atoms with Gasteiger partial charge >= 0.3 is 0 Å². The molecular weight excluding hydrogens is 206 g/mol. The Bertz CT molecular complexity index is 448. The maximum Gasteiger partial charge on any atom is 0.278 e. The zero-order valence-corrected chi connectivity index (χ0v) is 7.88. The predicted molar refractivity (Wildman–Crippen MR) is 47.9 cm³/mol. The Morgan fingerprint density at radius 3 is 2.80 bits per heavy atom. The number of alkyl halides is 2. The molecule has 4 nitrogen and oxygen atoms in total. The van der Waals surface area contributed by atoms with Gasteiger partial charge in [0, 0.05) is 6.07 Å². The number of nitrogens with zero attached hydrogens (tertiary/aromatic N) is 1. The average Bonchev–Trinajstić information content (AvgIpc) is 2.20. The molecule has 1 N–H and O–H groups in total. The van der Waals surface area contributed by atoms with Gasteiger partial charge in [-0.25, -0.2) is 8.78 Å². The van der Waals surface area contributed by atoms with Gasteiger partial charge in [0.1, 0.15) is 5.75 Å². The standard InChI is InChI=1S/C9H8F2N2O2/c1-15-7-4-6(8(10)11)13-9(14)5(7)2-3-12/h4,8H,2H2,1H3,(H,13,14). The van der Waals surface area contributed by atoms with Gasteiger partial charge in [-0.3, -0.25) is 4.79 Å². The van der Waals surface area contributed by atoms with Crippen molar-refractivity contribution >= 4 is 0 Å². The van der Waals surface area contributed by atoms with E-state index in [1.165, 1.54) is 7.11 Å². The lowest BCUT2D eigenvalue weighted by Gasteiger charge is -2.07. The van der Waals surface area contributed by atoms with E-state index in [4.69, 9.17) is 10.00 Å². The van der Waals surface area contributed by atoms with Crippen molar-refractivity contribution in [3.63, 3.8) is 0 Å². The molecule has 1 aromatic heterocycles. The number of nitrogens with one attached hydrogen (secondary N) is 1. The summed E-state index contributed by atoms with van der Waals surface area (Å²) in [6, 6.07) is 2.79. The van der Waals surface area contributed by atoms with Crippen LogP contribution in [0.15, 0.2) is 10.9 Å². The molecule has 0 spiro atoms. The summed E-state index contributed by atoms with van der Waals surface area (Å²) in [5.41, 5.74) is -1.17. The van der Waals surface area contributed by atoms with Crippen molar-refractivity contribution in [1.82, 2.24) is 4.98 Å². The van der Waals surface area contributed by atoms with Crippen LogP contribution in [0.2, 0.25) is 0 Å². The number of hydrogen-bond donors (Lipinski definition) is 1. The summed E-state index contributed by atoms with van der Waals surface area (Å²) in [5.74, 6) is 0.00981. The summed E-state index contributed by atoms with van der Waals surface area (Å²) in [6.45, 7) is 0. The van der Waals surface area contributed by atoms with E-state index in [-0.39, 0.29) is 17.7 Å². The second-order valence-corrected chi connectivity index (χ2v) is 2.74. The van der Waals surface area contributed by atoms with Crippen LogP contribution in [0, 0.1) is 11.3 Å². The highest BCUT2D eigenvalue weighted by Crippen LogP contribution is 2.22. The SMILES string of the molecule is COc1cc(C(F)F)[nH]c(=O)c1CC#N. The third kappa shape index (κ3) is 2.31. The Labute approximate surface area is 84.1 Å². The van der Waals surface area contributed by atoms with E-state index < -0.39 is 17.7 Å². The zero-order chi connectivity index (χ0) is 11.4. The molecule has 0 saturated heterocycles. The van der Waals surface area contributed by atoms with E-state index in [0.29, 0.717) is 0 Å². The average molecular weight is 214 g/mol. The molecule has 0 unspecified atom stereocenters. The number of ether oxygens (including phenoxy) is 1. The number of methoxy groups -OCH3 is 1. The molecule has 0 saturated carbocycles. The maximum atomic E-state index is 12.3. The fraction of sp³-hybridized carbons (Fsp3) is 0.333. The molecule has 0 aliphatic rings. The molecule has 0 aliphatic heterocycles. The Balaban J connectivity index is 3.32. The van der Waals surface area contributed by atoms with Crippen molar-refractivity contribution in [2.24, 2.45) is 0 Å². The molecule has 80 valence electrons. The number of nitriles is 1. The second kappa shape index (κ2) is 4.55. The first-order chi connectivity index (χ1) is 7.10. The zero-order valence-electron chi connectivity index (χ0n) is 7.88. The van der Waals surface area contributed by atoms with Crippen LogP contribution in [0.4, 0.5) is 8.78 Å². The molecule has 0 amide bonds. The Kier molecular flexibility index (Phi) is 3.39. The minimum absolute atomic E-state index is 0.00981. The molecule has 0 bridgehead atoms. The van der Waals surface area contributed by atoms with Crippen molar-refractivity contribution in [2.75, 3.05) is 7.11 Å². The molecule has 15 heavy (non-hydrogen) atoms. The number of rotatable bonds is 3. The monoisotopic (exact) mass is 214 g/mol. The van der Waals surface area contributed by atoms with Crippen LogP contribution >= 0.6 is 0 Å². The summed E-state index contributed by atoms with van der Waals surface area (Å²) in [7, 11) is 1.25. The molecule has 1 aromatic rings. The quantitative estimate of drug-likeness (QED) is 0.826. The van der Waals surface area contributed by atoms with Crippen LogP contribution in [0.1, 0.15) is 17.7 Å². The van der Waals surface area contributed by atoms with E-state index in [1.54, 1.807) is 6.07 Å². The maximum absolute atomic E-state index is 12.3. The lowest BCUT2D eigenvalue weighted by Crippen LogP contribution is -2.16. The highest BCUT2D eigenvalue weighted by Gasteiger charge is 2.15. The van der Waals surface area contributed by atoms with E-state index >= 15 is 0 Å². The number of H-pyrrole nitrogens is 1. The molecule has 0 aromatic carbocycles. The molecule has 0 aliphatic carbocycles. The van der Waals surface area contributed by atoms with Crippen LogP contribution in [0.25, 0.3) is 0 Å².